The van der Waals surface area contributed by atoms with Crippen molar-refractivity contribution >= 4 is 5.78 Å². The van der Waals surface area contributed by atoms with Crippen LogP contribution in [-0.2, 0) is 14.3 Å². The van der Waals surface area contributed by atoms with Crippen LogP contribution in [0.3, 0.4) is 0 Å². The molecule has 0 N–H and O–H groups in total. The van der Waals surface area contributed by atoms with Crippen molar-refractivity contribution in [1.82, 2.24) is 0 Å². The summed E-state index contributed by atoms with van der Waals surface area (Å²) >= 11 is 0. The molecule has 5 aliphatic rings. The zero-order valence-corrected chi connectivity index (χ0v) is 16.1. The summed E-state index contributed by atoms with van der Waals surface area (Å²) < 4.78 is 25.5. The first kappa shape index (κ1) is 17.6. The van der Waals surface area contributed by atoms with Gasteiger partial charge in [0.1, 0.15) is 5.78 Å². The van der Waals surface area contributed by atoms with Crippen molar-refractivity contribution in [3.63, 3.8) is 0 Å². The third-order valence-corrected chi connectivity index (χ3v) is 9.08. The number of carbonyl (C=O) groups excluding carboxylic acids is 1. The highest BCUT2D eigenvalue weighted by Gasteiger charge is 2.61. The Morgan fingerprint density at radius 3 is 2.65 bits per heavy atom. The van der Waals surface area contributed by atoms with Crippen LogP contribution in [0.1, 0.15) is 64.7 Å². The molecule has 1 saturated heterocycles. The van der Waals surface area contributed by atoms with Gasteiger partial charge in [-0.1, -0.05) is 6.92 Å². The summed E-state index contributed by atoms with van der Waals surface area (Å²) in [6, 6.07) is 0. The molecule has 4 saturated carbocycles. The maximum Gasteiger partial charge on any atom is 0.168 e. The standard InChI is InChI=1S/C22H33FO3/c1-21-12-15(7-9-23)20-16-6-8-22(25-10-11-26-22)13-14(16)2-3-17(20)18(21)4-5-19(21)24/h14-18,20H,2-13H2,1H3/t14?,15?,16?,17?,18?,20?,21-/m0/s1. The van der Waals surface area contributed by atoms with Crippen LogP contribution in [0.5, 0.6) is 0 Å². The van der Waals surface area contributed by atoms with Gasteiger partial charge in [-0.25, -0.2) is 0 Å². The van der Waals surface area contributed by atoms with Crippen LogP contribution in [0, 0.1) is 40.9 Å². The number of carbonyl (C=O) groups is 1. The van der Waals surface area contributed by atoms with Gasteiger partial charge in [0.25, 0.3) is 0 Å². The first-order valence-electron chi connectivity index (χ1n) is 10.9. The summed E-state index contributed by atoms with van der Waals surface area (Å²) in [6.45, 7) is 3.43. The summed E-state index contributed by atoms with van der Waals surface area (Å²) in [5.74, 6) is 3.69. The normalized spacial score (nSPS) is 49.7. The second kappa shape index (κ2) is 6.27. The Hall–Kier alpha value is -0.480. The number of ketones is 1. The van der Waals surface area contributed by atoms with Gasteiger partial charge in [-0.05, 0) is 74.0 Å². The number of hydrogen-bond acceptors (Lipinski definition) is 3. The molecular formula is C22H33FO3. The smallest absolute Gasteiger partial charge is 0.168 e. The van der Waals surface area contributed by atoms with Crippen molar-refractivity contribution in [3.05, 3.63) is 0 Å². The number of halogens is 1. The summed E-state index contributed by atoms with van der Waals surface area (Å²) in [5, 5.41) is 0. The first-order chi connectivity index (χ1) is 12.6. The number of rotatable bonds is 2. The first-order valence-corrected chi connectivity index (χ1v) is 10.9. The molecule has 1 heterocycles. The van der Waals surface area contributed by atoms with Crippen molar-refractivity contribution in [2.24, 2.45) is 40.9 Å². The van der Waals surface area contributed by atoms with E-state index in [1.165, 1.54) is 12.8 Å². The van der Waals surface area contributed by atoms with Gasteiger partial charge >= 0.3 is 0 Å². The van der Waals surface area contributed by atoms with Gasteiger partial charge in [0.2, 0.25) is 0 Å². The molecule has 0 bridgehead atoms. The van der Waals surface area contributed by atoms with E-state index in [0.717, 1.165) is 51.7 Å². The van der Waals surface area contributed by atoms with Gasteiger partial charge in [0, 0.05) is 24.7 Å². The van der Waals surface area contributed by atoms with Crippen LogP contribution < -0.4 is 0 Å². The molecule has 5 rings (SSSR count). The topological polar surface area (TPSA) is 35.5 Å². The minimum atomic E-state index is -0.309. The van der Waals surface area contributed by atoms with Crippen molar-refractivity contribution in [2.45, 2.75) is 70.5 Å². The molecule has 0 amide bonds. The summed E-state index contributed by atoms with van der Waals surface area (Å²) in [7, 11) is 0. The lowest BCUT2D eigenvalue weighted by Crippen LogP contribution is -2.54. The zero-order chi connectivity index (χ0) is 17.9. The summed E-state index contributed by atoms with van der Waals surface area (Å²) in [5.41, 5.74) is -0.165. The Morgan fingerprint density at radius 1 is 1.08 bits per heavy atom. The molecule has 0 aromatic rings. The minimum absolute atomic E-state index is 0.165. The van der Waals surface area contributed by atoms with Gasteiger partial charge < -0.3 is 9.47 Å². The quantitative estimate of drug-likeness (QED) is 0.722. The fourth-order valence-electron chi connectivity index (χ4n) is 8.11. The maximum atomic E-state index is 13.4. The van der Waals surface area contributed by atoms with Gasteiger partial charge in [-0.2, -0.15) is 0 Å². The van der Waals surface area contributed by atoms with E-state index in [1.54, 1.807) is 0 Å². The van der Waals surface area contributed by atoms with Gasteiger partial charge in [0.05, 0.1) is 19.9 Å². The van der Waals surface area contributed by atoms with E-state index in [1.807, 2.05) is 0 Å². The Labute approximate surface area is 156 Å². The summed E-state index contributed by atoms with van der Waals surface area (Å²) in [6.07, 6.45) is 9.07. The molecular weight excluding hydrogens is 331 g/mol. The lowest BCUT2D eigenvalue weighted by molar-refractivity contribution is -0.213. The highest BCUT2D eigenvalue weighted by molar-refractivity contribution is 5.87. The van der Waals surface area contributed by atoms with E-state index in [0.29, 0.717) is 47.7 Å². The van der Waals surface area contributed by atoms with Gasteiger partial charge in [-0.3, -0.25) is 9.18 Å². The van der Waals surface area contributed by atoms with E-state index in [9.17, 15) is 9.18 Å². The molecule has 7 atom stereocenters. The number of ether oxygens (including phenoxy) is 2. The third-order valence-electron chi connectivity index (χ3n) is 9.08. The Balaban J connectivity index is 1.43. The minimum Gasteiger partial charge on any atom is -0.348 e. The number of alkyl halides is 1. The lowest BCUT2D eigenvalue weighted by atomic mass is 9.47. The van der Waals surface area contributed by atoms with E-state index in [4.69, 9.17) is 9.47 Å². The van der Waals surface area contributed by atoms with E-state index >= 15 is 0 Å². The molecule has 4 heteroatoms. The van der Waals surface area contributed by atoms with Crippen molar-refractivity contribution in [1.29, 1.82) is 0 Å². The van der Waals surface area contributed by atoms with Crippen molar-refractivity contribution in [3.8, 4) is 0 Å². The molecule has 26 heavy (non-hydrogen) atoms. The molecule has 0 radical (unpaired) electrons. The van der Waals surface area contributed by atoms with Gasteiger partial charge in [-0.15, -0.1) is 0 Å². The lowest BCUT2D eigenvalue weighted by Gasteiger charge is -2.58. The van der Waals surface area contributed by atoms with E-state index in [-0.39, 0.29) is 17.9 Å². The molecule has 0 aromatic heterocycles. The molecule has 1 spiro atoms. The number of Topliss-reactive ketones (excluding diaryl/α,β-unsaturated/α-hetero) is 1. The van der Waals surface area contributed by atoms with Crippen LogP contribution in [0.25, 0.3) is 0 Å². The van der Waals surface area contributed by atoms with Crippen molar-refractivity contribution in [2.75, 3.05) is 19.9 Å². The zero-order valence-electron chi connectivity index (χ0n) is 16.1. The predicted octanol–water partition coefficient (Wildman–Crippen LogP) is 4.54. The fraction of sp³-hybridized carbons (Fsp3) is 0.955. The van der Waals surface area contributed by atoms with Crippen LogP contribution in [0.4, 0.5) is 4.39 Å². The van der Waals surface area contributed by atoms with E-state index in [2.05, 4.69) is 6.92 Å². The SMILES string of the molecule is C[C@]12CC(CCF)C3C4CCC5(CC4CCC3C1CCC2=O)OCCO5. The average molecular weight is 365 g/mol. The second-order valence-electron chi connectivity index (χ2n) is 10.0. The van der Waals surface area contributed by atoms with Crippen LogP contribution in [0.15, 0.2) is 0 Å². The molecule has 5 fully saturated rings. The van der Waals surface area contributed by atoms with Crippen molar-refractivity contribution < 1.29 is 18.7 Å². The average Bonchev–Trinajstić information content (AvgIpc) is 3.19. The third kappa shape index (κ3) is 2.47. The number of hydrogen-bond donors (Lipinski definition) is 0. The highest BCUT2D eigenvalue weighted by atomic mass is 19.1. The predicted molar refractivity (Wildman–Crippen MR) is 96.2 cm³/mol. The Bertz CT molecular complexity index is 572. The molecule has 4 aliphatic carbocycles. The van der Waals surface area contributed by atoms with Gasteiger partial charge in [0.15, 0.2) is 5.79 Å². The Morgan fingerprint density at radius 2 is 1.88 bits per heavy atom. The molecule has 1 aliphatic heterocycles. The van der Waals surface area contributed by atoms with E-state index < -0.39 is 0 Å². The molecule has 6 unspecified atom stereocenters. The molecule has 0 aromatic carbocycles. The highest BCUT2D eigenvalue weighted by Crippen LogP contribution is 2.64. The molecule has 3 nitrogen and oxygen atoms in total. The maximum absolute atomic E-state index is 13.4. The van der Waals surface area contributed by atoms with Crippen LogP contribution in [0.2, 0.25) is 0 Å². The molecule has 146 valence electrons. The monoisotopic (exact) mass is 364 g/mol. The fourth-order valence-corrected chi connectivity index (χ4v) is 8.11. The van der Waals surface area contributed by atoms with Crippen LogP contribution in [-0.4, -0.2) is 31.5 Å². The Kier molecular flexibility index (Phi) is 4.24. The second-order valence-corrected chi connectivity index (χ2v) is 10.0. The summed E-state index contributed by atoms with van der Waals surface area (Å²) in [4.78, 5) is 12.7. The van der Waals surface area contributed by atoms with Crippen LogP contribution >= 0.6 is 0 Å². The largest absolute Gasteiger partial charge is 0.348 e. The number of fused-ring (bicyclic) bond motifs is 5.